The zero-order valence-corrected chi connectivity index (χ0v) is 10.8. The van der Waals surface area contributed by atoms with E-state index >= 15 is 0 Å². The van der Waals surface area contributed by atoms with E-state index in [1.165, 1.54) is 0 Å². The van der Waals surface area contributed by atoms with Crippen molar-refractivity contribution in [3.05, 3.63) is 35.9 Å². The fourth-order valence-electron chi connectivity index (χ4n) is 1.26. The van der Waals surface area contributed by atoms with Gasteiger partial charge in [0.25, 0.3) is 0 Å². The van der Waals surface area contributed by atoms with Gasteiger partial charge in [0, 0.05) is 0 Å². The molecule has 0 aliphatic rings. The van der Waals surface area contributed by atoms with Crippen LogP contribution in [0.5, 0.6) is 0 Å². The number of unbranched alkanes of at least 4 members (excludes halogenated alkanes) is 1. The van der Waals surface area contributed by atoms with Gasteiger partial charge in [-0.3, -0.25) is 0 Å². The quantitative estimate of drug-likeness (QED) is 0.354. The van der Waals surface area contributed by atoms with Crippen LogP contribution in [-0.4, -0.2) is 17.2 Å². The number of carbonyl (C=O) groups excluding carboxylic acids is 1. The fourth-order valence-corrected chi connectivity index (χ4v) is 1.76. The maximum absolute atomic E-state index is 11.6. The molecule has 0 radical (unpaired) electrons. The van der Waals surface area contributed by atoms with E-state index < -0.39 is 0 Å². The molecule has 0 saturated carbocycles. The van der Waals surface area contributed by atoms with Gasteiger partial charge in [0.2, 0.25) is 0 Å². The molecule has 1 unspecified atom stereocenters. The Morgan fingerprint density at radius 1 is 1.25 bits per heavy atom. The zero-order chi connectivity index (χ0) is 11.8. The summed E-state index contributed by atoms with van der Waals surface area (Å²) < 4.78 is 5.18. The lowest BCUT2D eigenvalue weighted by atomic mass is 10.2. The summed E-state index contributed by atoms with van der Waals surface area (Å²) >= 11 is 8.34. The van der Waals surface area contributed by atoms with Gasteiger partial charge < -0.3 is 4.74 Å². The highest BCUT2D eigenvalue weighted by atomic mass is 32.1. The second kappa shape index (κ2) is 7.63. The van der Waals surface area contributed by atoms with E-state index in [-0.39, 0.29) is 11.4 Å². The summed E-state index contributed by atoms with van der Waals surface area (Å²) in [4.78, 5) is 11.6. The largest absolute Gasteiger partial charge is 0.448 e. The van der Waals surface area contributed by atoms with E-state index in [1.807, 2.05) is 18.2 Å². The Labute approximate surface area is 107 Å². The van der Waals surface area contributed by atoms with Gasteiger partial charge in [-0.1, -0.05) is 18.2 Å². The highest BCUT2D eigenvalue weighted by molar-refractivity contribution is 7.80. The van der Waals surface area contributed by atoms with Crippen LogP contribution in [0, 0.1) is 0 Å². The maximum atomic E-state index is 11.6. The van der Waals surface area contributed by atoms with Gasteiger partial charge in [0.05, 0.1) is 5.56 Å². The highest BCUT2D eigenvalue weighted by Gasteiger charge is 2.11. The molecule has 0 spiro atoms. The van der Waals surface area contributed by atoms with E-state index in [1.54, 1.807) is 12.1 Å². The van der Waals surface area contributed by atoms with Gasteiger partial charge in [0.15, 0.2) is 0 Å². The van der Waals surface area contributed by atoms with Crippen LogP contribution in [0.3, 0.4) is 0 Å². The Balaban J connectivity index is 2.34. The van der Waals surface area contributed by atoms with Crippen LogP contribution in [0.25, 0.3) is 0 Å². The van der Waals surface area contributed by atoms with Crippen molar-refractivity contribution in [3.63, 3.8) is 0 Å². The number of ether oxygens (including phenoxy) is 1. The van der Waals surface area contributed by atoms with Crippen molar-refractivity contribution in [2.45, 2.75) is 24.7 Å². The van der Waals surface area contributed by atoms with Crippen molar-refractivity contribution in [2.75, 3.05) is 5.75 Å². The first-order chi connectivity index (χ1) is 7.74. The van der Waals surface area contributed by atoms with Crippen molar-refractivity contribution < 1.29 is 9.53 Å². The average molecular weight is 256 g/mol. The third kappa shape index (κ3) is 4.94. The van der Waals surface area contributed by atoms with E-state index in [4.69, 9.17) is 4.74 Å². The average Bonchev–Trinajstić information content (AvgIpc) is 2.30. The van der Waals surface area contributed by atoms with E-state index in [0.29, 0.717) is 5.56 Å². The third-order valence-corrected chi connectivity index (χ3v) is 2.79. The maximum Gasteiger partial charge on any atom is 0.339 e. The number of rotatable bonds is 6. The Hall–Kier alpha value is -0.610. The van der Waals surface area contributed by atoms with Crippen LogP contribution in [0.15, 0.2) is 30.3 Å². The molecule has 16 heavy (non-hydrogen) atoms. The Morgan fingerprint density at radius 3 is 2.56 bits per heavy atom. The molecule has 88 valence electrons. The van der Waals surface area contributed by atoms with Crippen LogP contribution in [0.4, 0.5) is 0 Å². The van der Waals surface area contributed by atoms with Crippen molar-refractivity contribution in [3.8, 4) is 0 Å². The molecule has 0 heterocycles. The van der Waals surface area contributed by atoms with Crippen LogP contribution in [0.1, 0.15) is 29.6 Å². The number of esters is 1. The van der Waals surface area contributed by atoms with Crippen molar-refractivity contribution in [2.24, 2.45) is 0 Å². The van der Waals surface area contributed by atoms with Crippen LogP contribution in [0.2, 0.25) is 0 Å². The minimum Gasteiger partial charge on any atom is -0.448 e. The number of benzene rings is 1. The summed E-state index contributed by atoms with van der Waals surface area (Å²) in [7, 11) is 0. The molecule has 0 N–H and O–H groups in total. The first-order valence-corrected chi connectivity index (χ1v) is 6.44. The lowest BCUT2D eigenvalue weighted by Gasteiger charge is -2.11. The van der Waals surface area contributed by atoms with Gasteiger partial charge in [-0.05, 0) is 37.1 Å². The lowest BCUT2D eigenvalue weighted by molar-refractivity contribution is 0.0449. The van der Waals surface area contributed by atoms with Gasteiger partial charge in [-0.2, -0.15) is 12.6 Å². The summed E-state index contributed by atoms with van der Waals surface area (Å²) in [6.45, 7) is 0. The molecule has 1 aromatic carbocycles. The monoisotopic (exact) mass is 256 g/mol. The highest BCUT2D eigenvalue weighted by Crippen LogP contribution is 2.12. The molecule has 0 saturated heterocycles. The summed E-state index contributed by atoms with van der Waals surface area (Å²) in [6, 6.07) is 8.95. The fraction of sp³-hybridized carbons (Fsp3) is 0.417. The molecule has 0 fully saturated rings. The molecule has 1 rings (SSSR count). The zero-order valence-electron chi connectivity index (χ0n) is 9.00. The molecule has 0 aromatic heterocycles. The Morgan fingerprint density at radius 2 is 1.94 bits per heavy atom. The minimum atomic E-state index is -0.326. The smallest absolute Gasteiger partial charge is 0.339 e. The molecule has 0 amide bonds. The second-order valence-electron chi connectivity index (χ2n) is 3.45. The molecule has 1 aromatic rings. The van der Waals surface area contributed by atoms with Crippen molar-refractivity contribution in [1.29, 1.82) is 0 Å². The van der Waals surface area contributed by atoms with Crippen molar-refractivity contribution >= 4 is 31.2 Å². The number of carbonyl (C=O) groups is 1. The first kappa shape index (κ1) is 13.5. The number of hydrogen-bond donors (Lipinski definition) is 2. The first-order valence-electron chi connectivity index (χ1n) is 5.29. The molecular formula is C12H16O2S2. The van der Waals surface area contributed by atoms with Crippen molar-refractivity contribution in [1.82, 2.24) is 0 Å². The second-order valence-corrected chi connectivity index (χ2v) is 4.47. The Bertz CT molecular complexity index is 314. The van der Waals surface area contributed by atoms with Gasteiger partial charge in [-0.25, -0.2) is 4.79 Å². The predicted molar refractivity (Wildman–Crippen MR) is 72.3 cm³/mol. The molecule has 0 aliphatic heterocycles. The van der Waals surface area contributed by atoms with Gasteiger partial charge in [-0.15, -0.1) is 12.6 Å². The van der Waals surface area contributed by atoms with Crippen LogP contribution >= 0.6 is 25.3 Å². The molecule has 4 heteroatoms. The predicted octanol–water partition coefficient (Wildman–Crippen LogP) is 3.20. The van der Waals surface area contributed by atoms with Gasteiger partial charge in [0.1, 0.15) is 5.44 Å². The van der Waals surface area contributed by atoms with Crippen LogP contribution in [-0.2, 0) is 4.74 Å². The summed E-state index contributed by atoms with van der Waals surface area (Å²) in [5.74, 6) is 0.541. The number of hydrogen-bond acceptors (Lipinski definition) is 4. The summed E-state index contributed by atoms with van der Waals surface area (Å²) in [6.07, 6.45) is 2.75. The SMILES string of the molecule is O=C(OC(S)CCCCS)c1ccccc1. The molecule has 1 atom stereocenters. The topological polar surface area (TPSA) is 26.3 Å². The summed E-state index contributed by atoms with van der Waals surface area (Å²) in [5.41, 5.74) is 0.239. The lowest BCUT2D eigenvalue weighted by Crippen LogP contribution is -2.13. The van der Waals surface area contributed by atoms with E-state index in [0.717, 1.165) is 25.0 Å². The van der Waals surface area contributed by atoms with Gasteiger partial charge >= 0.3 is 5.97 Å². The van der Waals surface area contributed by atoms with E-state index in [9.17, 15) is 4.79 Å². The normalized spacial score (nSPS) is 12.1. The molecule has 0 aliphatic carbocycles. The van der Waals surface area contributed by atoms with Crippen LogP contribution < -0.4 is 0 Å². The molecule has 0 bridgehead atoms. The number of thiol groups is 2. The van der Waals surface area contributed by atoms with E-state index in [2.05, 4.69) is 25.3 Å². The Kier molecular flexibility index (Phi) is 6.42. The molecule has 2 nitrogen and oxygen atoms in total. The third-order valence-electron chi connectivity index (χ3n) is 2.11. The standard InChI is InChI=1S/C12H16O2S2/c13-12(10-6-2-1-3-7-10)14-11(16)8-4-5-9-15/h1-3,6-7,11,15-16H,4-5,8-9H2. The molecular weight excluding hydrogens is 240 g/mol. The minimum absolute atomic E-state index is 0.313. The summed E-state index contributed by atoms with van der Waals surface area (Å²) in [5, 5.41) is 0.